The van der Waals surface area contributed by atoms with Crippen LogP contribution in [0.1, 0.15) is 27.5 Å². The van der Waals surface area contributed by atoms with Gasteiger partial charge in [0.25, 0.3) is 0 Å². The van der Waals surface area contributed by atoms with Gasteiger partial charge < -0.3 is 15.2 Å². The summed E-state index contributed by atoms with van der Waals surface area (Å²) in [4.78, 5) is 35.2. The summed E-state index contributed by atoms with van der Waals surface area (Å²) in [6, 6.07) is 12.6. The summed E-state index contributed by atoms with van der Waals surface area (Å²) in [5.74, 6) is -2.22. The van der Waals surface area contributed by atoms with E-state index in [1.807, 2.05) is 30.3 Å². The Kier molecular flexibility index (Phi) is 3.80. The van der Waals surface area contributed by atoms with E-state index in [2.05, 4.69) is 5.32 Å². The summed E-state index contributed by atoms with van der Waals surface area (Å²) in [7, 11) is 0. The molecule has 0 saturated carbocycles. The molecular formula is C17H13NO5. The maximum atomic E-state index is 12.1. The average Bonchev–Trinajstić information content (AvgIpc) is 2.84. The molecule has 0 aliphatic carbocycles. The Labute approximate surface area is 131 Å². The van der Waals surface area contributed by atoms with Gasteiger partial charge in [0.1, 0.15) is 5.56 Å². The van der Waals surface area contributed by atoms with Gasteiger partial charge in [-0.15, -0.1) is 0 Å². The molecule has 1 unspecified atom stereocenters. The van der Waals surface area contributed by atoms with Gasteiger partial charge >= 0.3 is 11.9 Å². The molecule has 0 radical (unpaired) electrons. The van der Waals surface area contributed by atoms with Crippen LogP contribution in [0.3, 0.4) is 0 Å². The van der Waals surface area contributed by atoms with Crippen LogP contribution in [0.25, 0.3) is 0 Å². The van der Waals surface area contributed by atoms with Gasteiger partial charge in [0.05, 0.1) is 6.42 Å². The molecule has 6 heteroatoms. The summed E-state index contributed by atoms with van der Waals surface area (Å²) >= 11 is 0. The second kappa shape index (κ2) is 5.92. The molecule has 2 aromatic carbocycles. The van der Waals surface area contributed by atoms with Crippen LogP contribution >= 0.6 is 0 Å². The standard InChI is InChI=1S/C17H13NO5/c19-13(9-10-5-2-1-3-6-10)18-14-11-7-4-8-12(16(20)21)15(11)23-17(14)22/h1-8,14H,9H2,(H,18,19)(H,20,21). The van der Waals surface area contributed by atoms with Gasteiger partial charge in [-0.05, 0) is 11.6 Å². The highest BCUT2D eigenvalue weighted by Crippen LogP contribution is 2.36. The summed E-state index contributed by atoms with van der Waals surface area (Å²) in [6.45, 7) is 0. The van der Waals surface area contributed by atoms with Crippen molar-refractivity contribution in [1.29, 1.82) is 0 Å². The van der Waals surface area contributed by atoms with Crippen molar-refractivity contribution in [3.05, 3.63) is 65.2 Å². The number of carbonyl (C=O) groups excluding carboxylic acids is 2. The van der Waals surface area contributed by atoms with Gasteiger partial charge in [0, 0.05) is 5.56 Å². The van der Waals surface area contributed by atoms with Gasteiger partial charge in [0.15, 0.2) is 11.8 Å². The Morgan fingerprint density at radius 1 is 1.09 bits per heavy atom. The molecule has 3 rings (SSSR count). The Morgan fingerprint density at radius 3 is 2.52 bits per heavy atom. The predicted octanol–water partition coefficient (Wildman–Crippen LogP) is 1.70. The summed E-state index contributed by atoms with van der Waals surface area (Å²) in [6.07, 6.45) is 0.124. The van der Waals surface area contributed by atoms with Crippen LogP contribution in [0.5, 0.6) is 5.75 Å². The van der Waals surface area contributed by atoms with Crippen molar-refractivity contribution in [2.45, 2.75) is 12.5 Å². The number of rotatable bonds is 4. The normalized spacial score (nSPS) is 15.7. The fraction of sp³-hybridized carbons (Fsp3) is 0.118. The number of ether oxygens (including phenoxy) is 1. The molecule has 1 amide bonds. The van der Waals surface area contributed by atoms with E-state index in [-0.39, 0.29) is 23.6 Å². The number of esters is 1. The molecule has 1 heterocycles. The van der Waals surface area contributed by atoms with E-state index >= 15 is 0 Å². The molecule has 0 spiro atoms. The molecule has 2 aromatic rings. The van der Waals surface area contributed by atoms with Crippen molar-refractivity contribution in [3.8, 4) is 5.75 Å². The Morgan fingerprint density at radius 2 is 1.83 bits per heavy atom. The minimum absolute atomic E-state index is 0.00462. The van der Waals surface area contributed by atoms with Gasteiger partial charge in [-0.2, -0.15) is 0 Å². The van der Waals surface area contributed by atoms with Gasteiger partial charge in [-0.1, -0.05) is 42.5 Å². The Balaban J connectivity index is 1.80. The predicted molar refractivity (Wildman–Crippen MR) is 80.1 cm³/mol. The van der Waals surface area contributed by atoms with E-state index in [1.54, 1.807) is 6.07 Å². The fourth-order valence-corrected chi connectivity index (χ4v) is 2.48. The van der Waals surface area contributed by atoms with Crippen molar-refractivity contribution in [2.75, 3.05) is 0 Å². The summed E-state index contributed by atoms with van der Waals surface area (Å²) in [5, 5.41) is 11.7. The largest absolute Gasteiger partial charge is 0.478 e. The summed E-state index contributed by atoms with van der Waals surface area (Å²) < 4.78 is 5.03. The van der Waals surface area contributed by atoms with Gasteiger partial charge in [-0.25, -0.2) is 9.59 Å². The second-order valence-electron chi connectivity index (χ2n) is 5.11. The molecule has 0 saturated heterocycles. The first kappa shape index (κ1) is 14.8. The van der Waals surface area contributed by atoms with Crippen LogP contribution in [-0.4, -0.2) is 23.0 Å². The topological polar surface area (TPSA) is 92.7 Å². The van der Waals surface area contributed by atoms with Crippen LogP contribution in [0.15, 0.2) is 48.5 Å². The lowest BCUT2D eigenvalue weighted by molar-refractivity contribution is -0.137. The number of amides is 1. The number of benzene rings is 2. The van der Waals surface area contributed by atoms with Crippen molar-refractivity contribution < 1.29 is 24.2 Å². The van der Waals surface area contributed by atoms with Crippen LogP contribution in [0, 0.1) is 0 Å². The minimum Gasteiger partial charge on any atom is -0.478 e. The maximum absolute atomic E-state index is 12.1. The third-order valence-corrected chi connectivity index (χ3v) is 3.54. The maximum Gasteiger partial charge on any atom is 0.339 e. The first-order valence-electron chi connectivity index (χ1n) is 6.97. The van der Waals surface area contributed by atoms with Crippen molar-refractivity contribution in [2.24, 2.45) is 0 Å². The number of hydrogen-bond donors (Lipinski definition) is 2. The SMILES string of the molecule is O=C(Cc1ccccc1)NC1C(=O)Oc2c(C(=O)O)cccc21. The third kappa shape index (κ3) is 2.91. The van der Waals surface area contributed by atoms with E-state index < -0.39 is 18.0 Å². The zero-order valence-electron chi connectivity index (χ0n) is 12.0. The number of carboxylic acids is 1. The van der Waals surface area contributed by atoms with E-state index in [1.165, 1.54) is 12.1 Å². The van der Waals surface area contributed by atoms with Crippen molar-refractivity contribution >= 4 is 17.8 Å². The molecular weight excluding hydrogens is 298 g/mol. The number of aromatic carboxylic acids is 1. The Hall–Kier alpha value is -3.15. The summed E-state index contributed by atoms with van der Waals surface area (Å²) in [5.41, 5.74) is 1.07. The second-order valence-corrected chi connectivity index (χ2v) is 5.11. The first-order valence-corrected chi connectivity index (χ1v) is 6.97. The quantitative estimate of drug-likeness (QED) is 0.662. The highest BCUT2D eigenvalue weighted by Gasteiger charge is 2.37. The van der Waals surface area contributed by atoms with E-state index in [0.29, 0.717) is 5.56 Å². The molecule has 2 N–H and O–H groups in total. The zero-order valence-corrected chi connectivity index (χ0v) is 12.0. The molecule has 6 nitrogen and oxygen atoms in total. The lowest BCUT2D eigenvalue weighted by Crippen LogP contribution is -2.33. The number of carbonyl (C=O) groups is 3. The lowest BCUT2D eigenvalue weighted by atomic mass is 10.0. The number of fused-ring (bicyclic) bond motifs is 1. The van der Waals surface area contributed by atoms with E-state index in [9.17, 15) is 14.4 Å². The molecule has 1 aliphatic heterocycles. The number of para-hydroxylation sites is 1. The van der Waals surface area contributed by atoms with Crippen LogP contribution < -0.4 is 10.1 Å². The smallest absolute Gasteiger partial charge is 0.339 e. The van der Waals surface area contributed by atoms with Crippen LogP contribution in [0.2, 0.25) is 0 Å². The minimum atomic E-state index is -1.19. The molecule has 0 bridgehead atoms. The van der Waals surface area contributed by atoms with E-state index in [0.717, 1.165) is 5.56 Å². The number of nitrogens with one attached hydrogen (secondary N) is 1. The highest BCUT2D eigenvalue weighted by molar-refractivity contribution is 5.98. The molecule has 0 aromatic heterocycles. The monoisotopic (exact) mass is 311 g/mol. The molecule has 23 heavy (non-hydrogen) atoms. The first-order chi connectivity index (χ1) is 11.1. The highest BCUT2D eigenvalue weighted by atomic mass is 16.5. The van der Waals surface area contributed by atoms with Gasteiger partial charge in [0.2, 0.25) is 5.91 Å². The average molecular weight is 311 g/mol. The van der Waals surface area contributed by atoms with E-state index in [4.69, 9.17) is 9.84 Å². The molecule has 1 atom stereocenters. The zero-order chi connectivity index (χ0) is 16.4. The van der Waals surface area contributed by atoms with Crippen molar-refractivity contribution in [3.63, 3.8) is 0 Å². The van der Waals surface area contributed by atoms with Crippen molar-refractivity contribution in [1.82, 2.24) is 5.32 Å². The molecule has 1 aliphatic rings. The third-order valence-electron chi connectivity index (χ3n) is 3.54. The van der Waals surface area contributed by atoms with Gasteiger partial charge in [-0.3, -0.25) is 4.79 Å². The lowest BCUT2D eigenvalue weighted by Gasteiger charge is -2.10. The Bertz CT molecular complexity index is 785. The fourth-order valence-electron chi connectivity index (χ4n) is 2.48. The number of hydrogen-bond acceptors (Lipinski definition) is 4. The number of carboxylic acid groups (broad SMARTS) is 1. The molecule has 0 fully saturated rings. The van der Waals surface area contributed by atoms with Crippen LogP contribution in [-0.2, 0) is 16.0 Å². The molecule has 116 valence electrons. The van der Waals surface area contributed by atoms with Crippen LogP contribution in [0.4, 0.5) is 0 Å².